The molecular formula is C44H62N8O6S2. The van der Waals surface area contributed by atoms with Crippen LogP contribution in [0.5, 0.6) is 0 Å². The number of hydrogen-bond donors (Lipinski definition) is 6. The van der Waals surface area contributed by atoms with Gasteiger partial charge in [-0.1, -0.05) is 60.7 Å². The molecule has 4 heterocycles. The second kappa shape index (κ2) is 20.6. The summed E-state index contributed by atoms with van der Waals surface area (Å²) in [6.45, 7) is 10.6. The molecule has 4 fully saturated rings. The Labute approximate surface area is 362 Å². The number of hydrogen-bond acceptors (Lipinski definition) is 10. The lowest BCUT2D eigenvalue weighted by Gasteiger charge is -2.33. The molecule has 0 bridgehead atoms. The number of thioether (sulfide) groups is 2. The molecule has 4 saturated heterocycles. The van der Waals surface area contributed by atoms with Gasteiger partial charge in [0.15, 0.2) is 0 Å². The van der Waals surface area contributed by atoms with Crippen LogP contribution in [0.25, 0.3) is 0 Å². The second-order valence-corrected chi connectivity index (χ2v) is 20.8. The average Bonchev–Trinajstić information content (AvgIpc) is 3.75. The first-order valence-electron chi connectivity index (χ1n) is 21.4. The van der Waals surface area contributed by atoms with Gasteiger partial charge in [-0.3, -0.25) is 39.4 Å². The summed E-state index contributed by atoms with van der Waals surface area (Å²) >= 11 is 2.93. The monoisotopic (exact) mass is 862 g/mol. The van der Waals surface area contributed by atoms with Gasteiger partial charge in [-0.15, -0.1) is 23.5 Å². The van der Waals surface area contributed by atoms with Crippen molar-refractivity contribution in [3.8, 4) is 0 Å². The number of rotatable bonds is 15. The van der Waals surface area contributed by atoms with Crippen molar-refractivity contribution in [1.82, 2.24) is 41.7 Å². The van der Waals surface area contributed by atoms with E-state index in [1.807, 2.05) is 98.2 Å². The lowest BCUT2D eigenvalue weighted by atomic mass is 10.0. The molecule has 6 rings (SSSR count). The van der Waals surface area contributed by atoms with E-state index in [-0.39, 0.29) is 61.4 Å². The molecule has 2 aromatic carbocycles. The van der Waals surface area contributed by atoms with Crippen molar-refractivity contribution in [3.05, 3.63) is 71.8 Å². The summed E-state index contributed by atoms with van der Waals surface area (Å²) in [6, 6.07) is 15.7. The van der Waals surface area contributed by atoms with Crippen molar-refractivity contribution in [2.24, 2.45) is 0 Å². The quantitative estimate of drug-likeness (QED) is 0.146. The van der Waals surface area contributed by atoms with Gasteiger partial charge in [-0.05, 0) is 77.3 Å². The third-order valence-corrected chi connectivity index (χ3v) is 14.7. The van der Waals surface area contributed by atoms with Crippen LogP contribution in [0.4, 0.5) is 0 Å². The number of benzene rings is 2. The van der Waals surface area contributed by atoms with Crippen molar-refractivity contribution >= 4 is 59.0 Å². The fourth-order valence-corrected chi connectivity index (χ4v) is 11.4. The standard InChI is InChI=1S/C44H62N8O6S2/c1-43(2)35(49-39(59-43)33(41(57)51-23-13-7-14-24-51)47-31(53)27-29-17-9-5-10-18-29)37(55)45-21-22-46-38(56)36-44(3,4)60-40(50-36)34(42(58)52-25-15-8-16-26-52)48-32(54)28-30-19-11-6-12-20-30/h5-6,9-12,17-20,33-36,39-40,49-50H,7-8,13-16,21-28H2,1-4H3,(H,45,55)(H,46,56)(H,47,53)(H,48,54)/t33-,34-,35-,36-,39+,40+/m0/s1. The van der Waals surface area contributed by atoms with Crippen molar-refractivity contribution in [2.45, 2.75) is 123 Å². The van der Waals surface area contributed by atoms with Gasteiger partial charge >= 0.3 is 0 Å². The van der Waals surface area contributed by atoms with Gasteiger partial charge in [0, 0.05) is 48.8 Å². The molecule has 0 unspecified atom stereocenters. The zero-order valence-electron chi connectivity index (χ0n) is 35.3. The van der Waals surface area contributed by atoms with Crippen molar-refractivity contribution in [1.29, 1.82) is 0 Å². The van der Waals surface area contributed by atoms with E-state index in [0.717, 1.165) is 49.7 Å². The van der Waals surface area contributed by atoms with Crippen LogP contribution in [-0.2, 0) is 41.6 Å². The van der Waals surface area contributed by atoms with Gasteiger partial charge < -0.3 is 31.1 Å². The van der Waals surface area contributed by atoms with Crippen LogP contribution in [0.15, 0.2) is 60.7 Å². The molecule has 326 valence electrons. The molecule has 4 aliphatic heterocycles. The molecule has 6 amide bonds. The Balaban J connectivity index is 1.03. The van der Waals surface area contributed by atoms with Crippen LogP contribution in [0.2, 0.25) is 0 Å². The summed E-state index contributed by atoms with van der Waals surface area (Å²) in [7, 11) is 0. The van der Waals surface area contributed by atoms with E-state index in [9.17, 15) is 28.8 Å². The van der Waals surface area contributed by atoms with Crippen LogP contribution in [0, 0.1) is 0 Å². The van der Waals surface area contributed by atoms with E-state index in [2.05, 4.69) is 31.9 Å². The Morgan fingerprint density at radius 3 is 1.28 bits per heavy atom. The zero-order chi connectivity index (χ0) is 42.9. The third-order valence-electron chi connectivity index (χ3n) is 11.7. The molecule has 0 radical (unpaired) electrons. The van der Waals surface area contributed by atoms with Crippen LogP contribution in [-0.4, -0.2) is 129 Å². The van der Waals surface area contributed by atoms with Gasteiger partial charge in [0.05, 0.1) is 23.6 Å². The molecule has 4 aliphatic rings. The van der Waals surface area contributed by atoms with E-state index in [4.69, 9.17) is 0 Å². The Morgan fingerprint density at radius 1 is 0.583 bits per heavy atom. The Bertz CT molecular complexity index is 1690. The van der Waals surface area contributed by atoms with Crippen LogP contribution in [0.3, 0.4) is 0 Å². The summed E-state index contributed by atoms with van der Waals surface area (Å²) in [5.41, 5.74) is 1.69. The maximum absolute atomic E-state index is 13.9. The molecular weight excluding hydrogens is 801 g/mol. The Kier molecular flexibility index (Phi) is 15.6. The number of carbonyl (C=O) groups is 6. The van der Waals surface area contributed by atoms with Gasteiger partial charge in [-0.25, -0.2) is 0 Å². The van der Waals surface area contributed by atoms with E-state index >= 15 is 0 Å². The highest BCUT2D eigenvalue weighted by atomic mass is 32.2. The predicted molar refractivity (Wildman–Crippen MR) is 236 cm³/mol. The van der Waals surface area contributed by atoms with E-state index in [0.29, 0.717) is 26.2 Å². The second-order valence-electron chi connectivity index (χ2n) is 17.3. The van der Waals surface area contributed by atoms with Gasteiger partial charge in [-0.2, -0.15) is 0 Å². The van der Waals surface area contributed by atoms with Gasteiger partial charge in [0.25, 0.3) is 0 Å². The molecule has 0 saturated carbocycles. The Hall–Kier alpha value is -4.12. The van der Waals surface area contributed by atoms with Crippen molar-refractivity contribution in [2.75, 3.05) is 39.3 Å². The minimum absolute atomic E-state index is 0.135. The highest BCUT2D eigenvalue weighted by Gasteiger charge is 2.51. The molecule has 0 aliphatic carbocycles. The van der Waals surface area contributed by atoms with Crippen molar-refractivity contribution < 1.29 is 28.8 Å². The fraction of sp³-hybridized carbons (Fsp3) is 0.591. The molecule has 0 spiro atoms. The fourth-order valence-electron chi connectivity index (χ4n) is 8.44. The first-order valence-corrected chi connectivity index (χ1v) is 23.1. The topological polar surface area (TPSA) is 181 Å². The van der Waals surface area contributed by atoms with Crippen LogP contribution < -0.4 is 31.9 Å². The summed E-state index contributed by atoms with van der Waals surface area (Å²) in [4.78, 5) is 85.5. The first kappa shape index (κ1) is 45.4. The lowest BCUT2D eigenvalue weighted by Crippen LogP contribution is -2.59. The van der Waals surface area contributed by atoms with E-state index < -0.39 is 44.4 Å². The minimum Gasteiger partial charge on any atom is -0.353 e. The SMILES string of the molecule is CC1(C)S[C@H]([C@H](NC(=O)Cc2ccccc2)C(=O)N2CCCCC2)N[C@H]1C(=O)NCCNC(=O)[C@@H]1N[C@@H]([C@H](NC(=O)Cc2ccccc2)C(=O)N2CCCCC2)SC1(C)C. The number of likely N-dealkylation sites (tertiary alicyclic amines) is 2. The molecule has 0 aromatic heterocycles. The lowest BCUT2D eigenvalue weighted by molar-refractivity contribution is -0.137. The molecule has 14 nitrogen and oxygen atoms in total. The highest BCUT2D eigenvalue weighted by molar-refractivity contribution is 8.01. The summed E-state index contributed by atoms with van der Waals surface area (Å²) in [6.07, 6.45) is 6.04. The molecule has 60 heavy (non-hydrogen) atoms. The normalized spacial score (nSPS) is 24.5. The number of amides is 6. The van der Waals surface area contributed by atoms with Gasteiger partial charge in [0.1, 0.15) is 24.2 Å². The highest BCUT2D eigenvalue weighted by Crippen LogP contribution is 2.41. The molecule has 6 atom stereocenters. The summed E-state index contributed by atoms with van der Waals surface area (Å²) in [5.74, 6) is -1.37. The van der Waals surface area contributed by atoms with Gasteiger partial charge in [0.2, 0.25) is 35.4 Å². The predicted octanol–water partition coefficient (Wildman–Crippen LogP) is 2.32. The molecule has 6 N–H and O–H groups in total. The van der Waals surface area contributed by atoms with Crippen LogP contribution >= 0.6 is 23.5 Å². The van der Waals surface area contributed by atoms with E-state index in [1.165, 1.54) is 23.5 Å². The number of piperidine rings is 2. The first-order chi connectivity index (χ1) is 28.7. The minimum atomic E-state index is -0.864. The maximum atomic E-state index is 13.9. The van der Waals surface area contributed by atoms with E-state index in [1.54, 1.807) is 0 Å². The summed E-state index contributed by atoms with van der Waals surface area (Å²) < 4.78 is -1.24. The number of carbonyl (C=O) groups excluding carboxylic acids is 6. The third kappa shape index (κ3) is 11.8. The summed E-state index contributed by atoms with van der Waals surface area (Å²) in [5, 5.41) is 17.6. The van der Waals surface area contributed by atoms with Crippen molar-refractivity contribution in [3.63, 3.8) is 0 Å². The zero-order valence-corrected chi connectivity index (χ0v) is 36.9. The smallest absolute Gasteiger partial charge is 0.247 e. The molecule has 2 aromatic rings. The largest absolute Gasteiger partial charge is 0.353 e. The number of nitrogens with zero attached hydrogens (tertiary/aromatic N) is 2. The number of nitrogens with one attached hydrogen (secondary N) is 6. The Morgan fingerprint density at radius 2 is 0.933 bits per heavy atom. The van der Waals surface area contributed by atoms with Crippen LogP contribution in [0.1, 0.15) is 77.3 Å². The maximum Gasteiger partial charge on any atom is 0.247 e. The average molecular weight is 863 g/mol. The molecule has 16 heteroatoms.